The van der Waals surface area contributed by atoms with Gasteiger partial charge in [-0.2, -0.15) is 5.26 Å². The Morgan fingerprint density at radius 2 is 1.94 bits per heavy atom. The number of aryl methyl sites for hydroxylation is 1. The summed E-state index contributed by atoms with van der Waals surface area (Å²) in [5.41, 5.74) is 2.37. The number of halogens is 3. The summed E-state index contributed by atoms with van der Waals surface area (Å²) in [6, 6.07) is 19.0. The van der Waals surface area contributed by atoms with Crippen molar-refractivity contribution in [2.75, 3.05) is 5.32 Å². The highest BCUT2D eigenvalue weighted by molar-refractivity contribution is 9.11. The van der Waals surface area contributed by atoms with Crippen LogP contribution in [-0.4, -0.2) is 5.91 Å². The molecule has 4 nitrogen and oxygen atoms in total. The van der Waals surface area contributed by atoms with E-state index in [2.05, 4.69) is 37.2 Å². The normalized spacial score (nSPS) is 11.0. The Hall–Kier alpha value is -2.95. The van der Waals surface area contributed by atoms with Crippen LogP contribution in [0.25, 0.3) is 6.08 Å². The van der Waals surface area contributed by atoms with E-state index in [1.807, 2.05) is 31.2 Å². The maximum absolute atomic E-state index is 14.0. The van der Waals surface area contributed by atoms with Gasteiger partial charge >= 0.3 is 0 Å². The van der Waals surface area contributed by atoms with Crippen LogP contribution in [0.2, 0.25) is 0 Å². The van der Waals surface area contributed by atoms with Crippen molar-refractivity contribution in [3.8, 4) is 11.8 Å². The van der Waals surface area contributed by atoms with Gasteiger partial charge in [-0.25, -0.2) is 4.39 Å². The highest BCUT2D eigenvalue weighted by Crippen LogP contribution is 2.35. The van der Waals surface area contributed by atoms with Crippen LogP contribution in [0, 0.1) is 24.1 Å². The van der Waals surface area contributed by atoms with E-state index in [0.717, 1.165) is 10.0 Å². The molecule has 0 aromatic heterocycles. The highest BCUT2D eigenvalue weighted by Gasteiger charge is 2.15. The number of anilines is 1. The Balaban J connectivity index is 1.90. The molecule has 0 bridgehead atoms. The lowest BCUT2D eigenvalue weighted by atomic mass is 10.1. The number of nitrogens with zero attached hydrogens (tertiary/aromatic N) is 1. The third kappa shape index (κ3) is 6.03. The second-order valence-electron chi connectivity index (χ2n) is 6.68. The van der Waals surface area contributed by atoms with Crippen LogP contribution >= 0.6 is 31.9 Å². The number of rotatable bonds is 6. The molecular formula is C24H17Br2FN2O2. The zero-order chi connectivity index (χ0) is 22.4. The average Bonchev–Trinajstić information content (AvgIpc) is 2.72. The summed E-state index contributed by atoms with van der Waals surface area (Å²) in [6.07, 6.45) is 1.44. The zero-order valence-electron chi connectivity index (χ0n) is 16.5. The molecular weight excluding hydrogens is 527 g/mol. The highest BCUT2D eigenvalue weighted by atomic mass is 79.9. The summed E-state index contributed by atoms with van der Waals surface area (Å²) in [5, 5.41) is 12.3. The van der Waals surface area contributed by atoms with Gasteiger partial charge in [0.15, 0.2) is 0 Å². The Labute approximate surface area is 196 Å². The minimum atomic E-state index is -0.538. The van der Waals surface area contributed by atoms with Gasteiger partial charge in [0.25, 0.3) is 5.91 Å². The number of hydrogen-bond acceptors (Lipinski definition) is 3. The number of hydrogen-bond donors (Lipinski definition) is 1. The van der Waals surface area contributed by atoms with E-state index in [1.54, 1.807) is 36.4 Å². The summed E-state index contributed by atoms with van der Waals surface area (Å²) in [4.78, 5) is 12.6. The van der Waals surface area contributed by atoms with E-state index < -0.39 is 5.91 Å². The van der Waals surface area contributed by atoms with E-state index >= 15 is 0 Å². The lowest BCUT2D eigenvalue weighted by Gasteiger charge is -2.13. The van der Waals surface area contributed by atoms with Crippen molar-refractivity contribution in [1.29, 1.82) is 5.26 Å². The summed E-state index contributed by atoms with van der Waals surface area (Å²) >= 11 is 6.85. The van der Waals surface area contributed by atoms with Gasteiger partial charge < -0.3 is 10.1 Å². The minimum absolute atomic E-state index is 0.00881. The maximum Gasteiger partial charge on any atom is 0.266 e. The third-order valence-corrected chi connectivity index (χ3v) is 5.35. The summed E-state index contributed by atoms with van der Waals surface area (Å²) in [7, 11) is 0. The van der Waals surface area contributed by atoms with Crippen molar-refractivity contribution in [2.45, 2.75) is 13.5 Å². The molecule has 0 aliphatic heterocycles. The number of amides is 1. The molecule has 0 fully saturated rings. The molecule has 0 saturated carbocycles. The molecule has 3 aromatic carbocycles. The van der Waals surface area contributed by atoms with Crippen molar-refractivity contribution in [3.05, 3.63) is 97.7 Å². The van der Waals surface area contributed by atoms with Gasteiger partial charge in [0, 0.05) is 21.3 Å². The van der Waals surface area contributed by atoms with E-state index in [4.69, 9.17) is 4.74 Å². The predicted octanol–water partition coefficient (Wildman–Crippen LogP) is 6.78. The van der Waals surface area contributed by atoms with E-state index in [9.17, 15) is 14.4 Å². The maximum atomic E-state index is 14.0. The fraction of sp³-hybridized carbons (Fsp3) is 0.0833. The van der Waals surface area contributed by atoms with Crippen molar-refractivity contribution in [2.24, 2.45) is 0 Å². The van der Waals surface area contributed by atoms with Gasteiger partial charge in [-0.05, 0) is 64.8 Å². The number of nitriles is 1. The van der Waals surface area contributed by atoms with E-state index in [0.29, 0.717) is 27.0 Å². The van der Waals surface area contributed by atoms with Crippen molar-refractivity contribution in [3.63, 3.8) is 0 Å². The fourth-order valence-electron chi connectivity index (χ4n) is 2.83. The number of carbonyl (C=O) groups is 1. The molecule has 3 aromatic rings. The smallest absolute Gasteiger partial charge is 0.266 e. The topological polar surface area (TPSA) is 62.1 Å². The molecule has 1 amide bonds. The Kier molecular flexibility index (Phi) is 7.61. The third-order valence-electron chi connectivity index (χ3n) is 4.31. The molecule has 1 N–H and O–H groups in total. The molecule has 31 heavy (non-hydrogen) atoms. The molecule has 0 spiro atoms. The SMILES string of the molecule is Cc1cccc(NC(=O)/C(C#N)=C/c2cc(Br)cc(Br)c2OCc2ccccc2F)c1. The van der Waals surface area contributed by atoms with Crippen molar-refractivity contribution in [1.82, 2.24) is 0 Å². The summed E-state index contributed by atoms with van der Waals surface area (Å²) in [5.74, 6) is -0.519. The van der Waals surface area contributed by atoms with Crippen LogP contribution < -0.4 is 10.1 Å². The first-order chi connectivity index (χ1) is 14.9. The van der Waals surface area contributed by atoms with Crippen LogP contribution in [0.15, 0.2) is 75.2 Å². The standard InChI is InChI=1S/C24H17Br2FN2O2/c1-15-5-4-7-20(9-15)29-24(30)18(13-28)10-17-11-19(25)12-21(26)23(17)31-14-16-6-2-3-8-22(16)27/h2-12H,14H2,1H3,(H,29,30)/b18-10+. The largest absolute Gasteiger partial charge is 0.487 e. The molecule has 3 rings (SSSR count). The van der Waals surface area contributed by atoms with Gasteiger partial charge in [-0.3, -0.25) is 4.79 Å². The van der Waals surface area contributed by atoms with Gasteiger partial charge in [0.05, 0.1) is 4.47 Å². The van der Waals surface area contributed by atoms with Gasteiger partial charge in [-0.1, -0.05) is 46.3 Å². The monoisotopic (exact) mass is 542 g/mol. The predicted molar refractivity (Wildman–Crippen MR) is 126 cm³/mol. The molecule has 0 aliphatic rings. The van der Waals surface area contributed by atoms with Crippen LogP contribution in [0.4, 0.5) is 10.1 Å². The average molecular weight is 544 g/mol. The number of ether oxygens (including phenoxy) is 1. The number of nitrogens with one attached hydrogen (secondary N) is 1. The molecule has 7 heteroatoms. The zero-order valence-corrected chi connectivity index (χ0v) is 19.6. The van der Waals surface area contributed by atoms with Crippen molar-refractivity contribution < 1.29 is 13.9 Å². The molecule has 156 valence electrons. The second kappa shape index (κ2) is 10.4. The van der Waals surface area contributed by atoms with Gasteiger partial charge in [0.2, 0.25) is 0 Å². The van der Waals surface area contributed by atoms with Crippen LogP contribution in [0.3, 0.4) is 0 Å². The van der Waals surface area contributed by atoms with E-state index in [1.165, 1.54) is 12.1 Å². The lowest BCUT2D eigenvalue weighted by Crippen LogP contribution is -2.13. The summed E-state index contributed by atoms with van der Waals surface area (Å²) < 4.78 is 21.1. The fourth-order valence-corrected chi connectivity index (χ4v) is 4.20. The first-order valence-corrected chi connectivity index (χ1v) is 10.8. The molecule has 0 unspecified atom stereocenters. The molecule has 0 aliphatic carbocycles. The number of benzene rings is 3. The van der Waals surface area contributed by atoms with Crippen LogP contribution in [0.5, 0.6) is 5.75 Å². The lowest BCUT2D eigenvalue weighted by molar-refractivity contribution is -0.112. The Morgan fingerprint density at radius 3 is 2.65 bits per heavy atom. The first kappa shape index (κ1) is 22.7. The minimum Gasteiger partial charge on any atom is -0.487 e. The van der Waals surface area contributed by atoms with Crippen LogP contribution in [-0.2, 0) is 11.4 Å². The molecule has 0 heterocycles. The molecule has 0 atom stereocenters. The Bertz CT molecular complexity index is 1200. The van der Waals surface area contributed by atoms with Gasteiger partial charge in [0.1, 0.15) is 29.8 Å². The van der Waals surface area contributed by atoms with Gasteiger partial charge in [-0.15, -0.1) is 0 Å². The first-order valence-electron chi connectivity index (χ1n) is 9.22. The Morgan fingerprint density at radius 1 is 1.16 bits per heavy atom. The number of carbonyl (C=O) groups excluding carboxylic acids is 1. The molecule has 0 radical (unpaired) electrons. The van der Waals surface area contributed by atoms with E-state index in [-0.39, 0.29) is 18.0 Å². The summed E-state index contributed by atoms with van der Waals surface area (Å²) in [6.45, 7) is 1.90. The quantitative estimate of drug-likeness (QED) is 0.275. The van der Waals surface area contributed by atoms with Crippen molar-refractivity contribution >= 4 is 49.5 Å². The molecule has 0 saturated heterocycles. The van der Waals surface area contributed by atoms with Crippen LogP contribution in [0.1, 0.15) is 16.7 Å². The second-order valence-corrected chi connectivity index (χ2v) is 8.45.